The van der Waals surface area contributed by atoms with Crippen molar-refractivity contribution in [3.63, 3.8) is 0 Å². The van der Waals surface area contributed by atoms with Crippen LogP contribution in [0.1, 0.15) is 34.3 Å². The maximum absolute atomic E-state index is 14.1. The predicted octanol–water partition coefficient (Wildman–Crippen LogP) is 5.59. The molecule has 0 spiro atoms. The highest BCUT2D eigenvalue weighted by atomic mass is 19.1. The molecule has 172 valence electrons. The summed E-state index contributed by atoms with van der Waals surface area (Å²) in [4.78, 5) is 17.7. The highest BCUT2D eigenvalue weighted by Gasteiger charge is 2.31. The quantitative estimate of drug-likeness (QED) is 0.491. The summed E-state index contributed by atoms with van der Waals surface area (Å²) in [5, 5.41) is 0. The van der Waals surface area contributed by atoms with Crippen molar-refractivity contribution in [3.8, 4) is 5.75 Å². The van der Waals surface area contributed by atoms with Gasteiger partial charge in [0.25, 0.3) is 5.91 Å². The minimum atomic E-state index is -0.571. The summed E-state index contributed by atoms with van der Waals surface area (Å²) in [6.07, 6.45) is 1.50. The summed E-state index contributed by atoms with van der Waals surface area (Å²) < 4.78 is 32.8. The second-order valence-corrected chi connectivity index (χ2v) is 8.45. The first-order valence-electron chi connectivity index (χ1n) is 11.2. The molecule has 0 aliphatic carbocycles. The molecule has 3 aromatic carbocycles. The maximum atomic E-state index is 14.1. The van der Waals surface area contributed by atoms with Crippen LogP contribution in [0.3, 0.4) is 0 Å². The van der Waals surface area contributed by atoms with Gasteiger partial charge in [0.2, 0.25) is 0 Å². The van der Waals surface area contributed by atoms with Crippen LogP contribution in [0.2, 0.25) is 0 Å². The van der Waals surface area contributed by atoms with Crippen LogP contribution < -0.4 is 9.64 Å². The number of halogens is 2. The third-order valence-electron chi connectivity index (χ3n) is 6.20. The van der Waals surface area contributed by atoms with Crippen LogP contribution in [0, 0.1) is 18.6 Å². The molecule has 1 aliphatic heterocycles. The van der Waals surface area contributed by atoms with E-state index >= 15 is 0 Å². The van der Waals surface area contributed by atoms with E-state index in [0.29, 0.717) is 36.5 Å². The number of carbonyl (C=O) groups is 1. The van der Waals surface area contributed by atoms with E-state index in [2.05, 4.69) is 4.90 Å². The Kier molecular flexibility index (Phi) is 7.04. The van der Waals surface area contributed by atoms with Crippen LogP contribution in [0.4, 0.5) is 14.5 Å². The van der Waals surface area contributed by atoms with E-state index in [0.717, 1.165) is 30.2 Å². The van der Waals surface area contributed by atoms with E-state index < -0.39 is 11.6 Å². The fourth-order valence-corrected chi connectivity index (χ4v) is 4.38. The number of likely N-dealkylation sites (tertiary alicyclic amines) is 1. The third-order valence-corrected chi connectivity index (χ3v) is 6.20. The highest BCUT2D eigenvalue weighted by molar-refractivity contribution is 6.08. The van der Waals surface area contributed by atoms with Crippen LogP contribution in [0.25, 0.3) is 0 Å². The average molecular weight is 451 g/mol. The number of nitrogens with zero attached hydrogens (tertiary/aromatic N) is 2. The normalized spacial score (nSPS) is 14.8. The summed E-state index contributed by atoms with van der Waals surface area (Å²) in [7, 11) is 1.56. The van der Waals surface area contributed by atoms with E-state index in [9.17, 15) is 13.6 Å². The number of hydrogen-bond donors (Lipinski definition) is 0. The second kappa shape index (κ2) is 10.1. The molecule has 1 amide bonds. The number of para-hydroxylation sites is 1. The predicted molar refractivity (Wildman–Crippen MR) is 126 cm³/mol. The molecule has 1 fully saturated rings. The van der Waals surface area contributed by atoms with Gasteiger partial charge in [-0.2, -0.15) is 0 Å². The summed E-state index contributed by atoms with van der Waals surface area (Å²) in [5.41, 5.74) is 2.98. The summed E-state index contributed by atoms with van der Waals surface area (Å²) in [6, 6.07) is 18.9. The lowest BCUT2D eigenvalue weighted by atomic mass is 9.99. The molecular formula is C27H28F2N2O2. The number of anilines is 1. The van der Waals surface area contributed by atoms with Gasteiger partial charge >= 0.3 is 0 Å². The monoisotopic (exact) mass is 450 g/mol. The first-order chi connectivity index (χ1) is 16.0. The molecule has 0 unspecified atom stereocenters. The van der Waals surface area contributed by atoms with E-state index in [1.807, 2.05) is 48.2 Å². The van der Waals surface area contributed by atoms with Crippen molar-refractivity contribution in [3.05, 3.63) is 95.1 Å². The maximum Gasteiger partial charge on any atom is 0.262 e. The Bertz CT molecular complexity index is 1110. The molecule has 33 heavy (non-hydrogen) atoms. The smallest absolute Gasteiger partial charge is 0.262 e. The van der Waals surface area contributed by atoms with Gasteiger partial charge in [-0.05, 0) is 50.1 Å². The molecule has 1 heterocycles. The Hall–Kier alpha value is -3.25. The number of rotatable bonds is 6. The van der Waals surface area contributed by atoms with E-state index in [1.165, 1.54) is 12.1 Å². The molecule has 0 saturated carbocycles. The average Bonchev–Trinajstić information content (AvgIpc) is 2.83. The topological polar surface area (TPSA) is 32.8 Å². The molecular weight excluding hydrogens is 422 g/mol. The lowest BCUT2D eigenvalue weighted by molar-refractivity contribution is 0.0955. The Balaban J connectivity index is 1.54. The molecule has 4 rings (SSSR count). The van der Waals surface area contributed by atoms with Crippen LogP contribution in [-0.2, 0) is 6.54 Å². The van der Waals surface area contributed by atoms with Gasteiger partial charge in [0.05, 0.1) is 12.7 Å². The van der Waals surface area contributed by atoms with Gasteiger partial charge in [0.1, 0.15) is 17.4 Å². The Morgan fingerprint density at radius 2 is 1.73 bits per heavy atom. The highest BCUT2D eigenvalue weighted by Crippen LogP contribution is 2.29. The van der Waals surface area contributed by atoms with Crippen molar-refractivity contribution in [2.75, 3.05) is 25.1 Å². The zero-order chi connectivity index (χ0) is 23.4. The standard InChI is InChI=1S/C27H28F2N2O2/c1-19-7-11-22(12-8-19)31(27(32)24-5-3-4-6-26(24)33-2)23-13-15-30(16-14-23)18-20-9-10-21(28)17-25(20)29/h3-12,17,23H,13-16,18H2,1-2H3. The van der Waals surface area contributed by atoms with Crippen molar-refractivity contribution in [1.29, 1.82) is 0 Å². The second-order valence-electron chi connectivity index (χ2n) is 8.45. The van der Waals surface area contributed by atoms with Crippen LogP contribution in [0.15, 0.2) is 66.7 Å². The molecule has 1 saturated heterocycles. The number of ether oxygens (including phenoxy) is 1. The van der Waals surface area contributed by atoms with Gasteiger partial charge in [-0.25, -0.2) is 8.78 Å². The lowest BCUT2D eigenvalue weighted by Crippen LogP contribution is -2.47. The van der Waals surface area contributed by atoms with Gasteiger partial charge in [-0.3, -0.25) is 9.69 Å². The van der Waals surface area contributed by atoms with Gasteiger partial charge < -0.3 is 9.64 Å². The Labute approximate surface area is 193 Å². The largest absolute Gasteiger partial charge is 0.496 e. The lowest BCUT2D eigenvalue weighted by Gasteiger charge is -2.39. The summed E-state index contributed by atoms with van der Waals surface area (Å²) >= 11 is 0. The summed E-state index contributed by atoms with van der Waals surface area (Å²) in [5.74, 6) is -0.647. The molecule has 4 nitrogen and oxygen atoms in total. The van der Waals surface area contributed by atoms with Crippen LogP contribution >= 0.6 is 0 Å². The molecule has 3 aromatic rings. The number of aryl methyl sites for hydroxylation is 1. The van der Waals surface area contributed by atoms with Crippen molar-refractivity contribution < 1.29 is 18.3 Å². The Morgan fingerprint density at radius 3 is 2.39 bits per heavy atom. The van der Waals surface area contributed by atoms with Gasteiger partial charge in [-0.1, -0.05) is 35.9 Å². The van der Waals surface area contributed by atoms with Crippen molar-refractivity contribution >= 4 is 11.6 Å². The molecule has 0 radical (unpaired) electrons. The number of carbonyl (C=O) groups excluding carboxylic acids is 1. The van der Waals surface area contributed by atoms with Gasteiger partial charge in [0.15, 0.2) is 0 Å². The number of benzene rings is 3. The number of amides is 1. The van der Waals surface area contributed by atoms with Crippen molar-refractivity contribution in [2.45, 2.75) is 32.4 Å². The van der Waals surface area contributed by atoms with Gasteiger partial charge in [0, 0.05) is 43.0 Å². The molecule has 1 aliphatic rings. The number of methoxy groups -OCH3 is 1. The first kappa shape index (κ1) is 22.9. The minimum absolute atomic E-state index is 0.000525. The van der Waals surface area contributed by atoms with Gasteiger partial charge in [-0.15, -0.1) is 0 Å². The fraction of sp³-hybridized carbons (Fsp3) is 0.296. The zero-order valence-electron chi connectivity index (χ0n) is 18.9. The van der Waals surface area contributed by atoms with E-state index in [4.69, 9.17) is 4.74 Å². The summed E-state index contributed by atoms with van der Waals surface area (Å²) in [6.45, 7) is 3.86. The van der Waals surface area contributed by atoms with Crippen LogP contribution in [-0.4, -0.2) is 37.0 Å². The number of hydrogen-bond acceptors (Lipinski definition) is 3. The molecule has 0 aromatic heterocycles. The molecule has 0 N–H and O–H groups in total. The molecule has 6 heteroatoms. The fourth-order valence-electron chi connectivity index (χ4n) is 4.38. The molecule has 0 atom stereocenters. The van der Waals surface area contributed by atoms with E-state index in [-0.39, 0.29) is 11.9 Å². The number of piperidine rings is 1. The van der Waals surface area contributed by atoms with Crippen molar-refractivity contribution in [1.82, 2.24) is 4.90 Å². The minimum Gasteiger partial charge on any atom is -0.496 e. The zero-order valence-corrected chi connectivity index (χ0v) is 18.9. The van der Waals surface area contributed by atoms with Crippen molar-refractivity contribution in [2.24, 2.45) is 0 Å². The Morgan fingerprint density at radius 1 is 1.03 bits per heavy atom. The van der Waals surface area contributed by atoms with E-state index in [1.54, 1.807) is 19.2 Å². The third kappa shape index (κ3) is 5.22. The van der Waals surface area contributed by atoms with Crippen LogP contribution in [0.5, 0.6) is 5.75 Å². The first-order valence-corrected chi connectivity index (χ1v) is 11.2. The molecule has 0 bridgehead atoms. The SMILES string of the molecule is COc1ccccc1C(=O)N(c1ccc(C)cc1)C1CCN(Cc2ccc(F)cc2F)CC1.